The average Bonchev–Trinajstić information content (AvgIpc) is 2.73. The van der Waals surface area contributed by atoms with Crippen LogP contribution in [0.15, 0.2) is 79.1 Å². The van der Waals surface area contributed by atoms with Crippen molar-refractivity contribution >= 4 is 17.5 Å². The molecule has 0 aliphatic heterocycles. The SMILES string of the molecule is Nc1cccc(CC(c2cccnc2)(c2cccc(N)n2)c2cccc(N)n2)n1. The number of nitrogens with zero attached hydrogens (tertiary/aromatic N) is 4. The van der Waals surface area contributed by atoms with Crippen LogP contribution in [-0.4, -0.2) is 19.9 Å². The number of rotatable bonds is 5. The van der Waals surface area contributed by atoms with Crippen LogP contribution in [-0.2, 0) is 11.8 Å². The molecule has 144 valence electrons. The van der Waals surface area contributed by atoms with Gasteiger partial charge in [0.1, 0.15) is 17.5 Å². The lowest BCUT2D eigenvalue weighted by Crippen LogP contribution is -2.35. The molecule has 4 aromatic rings. The molecule has 0 spiro atoms. The van der Waals surface area contributed by atoms with E-state index in [0.717, 1.165) is 22.6 Å². The number of hydrogen-bond donors (Lipinski definition) is 3. The summed E-state index contributed by atoms with van der Waals surface area (Å²) < 4.78 is 0. The Hall–Kier alpha value is -4.00. The Balaban J connectivity index is 2.04. The lowest BCUT2D eigenvalue weighted by Gasteiger charge is -2.33. The quantitative estimate of drug-likeness (QED) is 0.483. The van der Waals surface area contributed by atoms with E-state index >= 15 is 0 Å². The smallest absolute Gasteiger partial charge is 0.123 e. The molecular formula is C22H21N7. The summed E-state index contributed by atoms with van der Waals surface area (Å²) >= 11 is 0. The minimum Gasteiger partial charge on any atom is -0.384 e. The summed E-state index contributed by atoms with van der Waals surface area (Å²) in [4.78, 5) is 18.2. The summed E-state index contributed by atoms with van der Waals surface area (Å²) in [5.74, 6) is 1.28. The fourth-order valence-corrected chi connectivity index (χ4v) is 3.57. The number of pyridine rings is 4. The third-order valence-corrected chi connectivity index (χ3v) is 4.84. The Kier molecular flexibility index (Phi) is 4.78. The van der Waals surface area contributed by atoms with Crippen LogP contribution in [0, 0.1) is 0 Å². The van der Waals surface area contributed by atoms with Crippen LogP contribution in [0.4, 0.5) is 17.5 Å². The molecule has 0 atom stereocenters. The second kappa shape index (κ2) is 7.55. The molecule has 0 unspecified atom stereocenters. The summed E-state index contributed by atoms with van der Waals surface area (Å²) in [6.07, 6.45) is 3.99. The maximum absolute atomic E-state index is 6.05. The zero-order valence-electron chi connectivity index (χ0n) is 15.7. The van der Waals surface area contributed by atoms with Crippen LogP contribution in [0.25, 0.3) is 0 Å². The van der Waals surface area contributed by atoms with Crippen molar-refractivity contribution in [3.8, 4) is 0 Å². The molecule has 0 saturated carbocycles. The van der Waals surface area contributed by atoms with Gasteiger partial charge in [-0.05, 0) is 48.0 Å². The minimum atomic E-state index is -0.806. The third kappa shape index (κ3) is 3.58. The maximum Gasteiger partial charge on any atom is 0.123 e. The van der Waals surface area contributed by atoms with Gasteiger partial charge < -0.3 is 17.2 Å². The minimum absolute atomic E-state index is 0.417. The van der Waals surface area contributed by atoms with E-state index in [4.69, 9.17) is 17.2 Å². The highest BCUT2D eigenvalue weighted by Gasteiger charge is 2.40. The number of hydrogen-bond acceptors (Lipinski definition) is 7. The van der Waals surface area contributed by atoms with Crippen molar-refractivity contribution < 1.29 is 0 Å². The molecule has 7 nitrogen and oxygen atoms in total. The van der Waals surface area contributed by atoms with Gasteiger partial charge in [0.05, 0.1) is 16.8 Å². The normalized spacial score (nSPS) is 11.3. The average molecular weight is 383 g/mol. The molecule has 4 rings (SSSR count). The lowest BCUT2D eigenvalue weighted by atomic mass is 9.71. The predicted octanol–water partition coefficient (Wildman–Crippen LogP) is 2.59. The molecule has 0 aliphatic rings. The van der Waals surface area contributed by atoms with Gasteiger partial charge in [-0.25, -0.2) is 15.0 Å². The molecule has 0 fully saturated rings. The van der Waals surface area contributed by atoms with Gasteiger partial charge in [0.15, 0.2) is 0 Å². The molecule has 0 saturated heterocycles. The molecule has 29 heavy (non-hydrogen) atoms. The van der Waals surface area contributed by atoms with Gasteiger partial charge in [0.25, 0.3) is 0 Å². The molecule has 0 radical (unpaired) electrons. The van der Waals surface area contributed by atoms with Crippen LogP contribution in [0.5, 0.6) is 0 Å². The van der Waals surface area contributed by atoms with Gasteiger partial charge >= 0.3 is 0 Å². The summed E-state index contributed by atoms with van der Waals surface area (Å²) in [6.45, 7) is 0. The van der Waals surface area contributed by atoms with Gasteiger partial charge in [-0.2, -0.15) is 0 Å². The van der Waals surface area contributed by atoms with Gasteiger partial charge in [0, 0.05) is 24.5 Å². The van der Waals surface area contributed by atoms with Crippen molar-refractivity contribution in [1.82, 2.24) is 19.9 Å². The van der Waals surface area contributed by atoms with Crippen LogP contribution in [0.1, 0.15) is 22.6 Å². The van der Waals surface area contributed by atoms with Gasteiger partial charge in [-0.1, -0.05) is 24.3 Å². The molecule has 0 aromatic carbocycles. The van der Waals surface area contributed by atoms with E-state index in [9.17, 15) is 0 Å². The zero-order chi connectivity index (χ0) is 20.3. The van der Waals surface area contributed by atoms with E-state index in [1.165, 1.54) is 0 Å². The Morgan fingerprint density at radius 3 is 1.76 bits per heavy atom. The Labute approximate surface area is 168 Å². The number of nitrogens with two attached hydrogens (primary N) is 3. The fourth-order valence-electron chi connectivity index (χ4n) is 3.57. The van der Waals surface area contributed by atoms with E-state index in [2.05, 4.69) is 19.9 Å². The van der Waals surface area contributed by atoms with E-state index in [1.54, 1.807) is 24.4 Å². The second-order valence-corrected chi connectivity index (χ2v) is 6.77. The highest BCUT2D eigenvalue weighted by molar-refractivity contribution is 5.50. The Bertz CT molecular complexity index is 1080. The first-order chi connectivity index (χ1) is 14.1. The van der Waals surface area contributed by atoms with Crippen LogP contribution in [0.2, 0.25) is 0 Å². The number of aromatic nitrogens is 4. The first kappa shape index (κ1) is 18.4. The Morgan fingerprint density at radius 2 is 1.24 bits per heavy atom. The van der Waals surface area contributed by atoms with Crippen LogP contribution in [0.3, 0.4) is 0 Å². The highest BCUT2D eigenvalue weighted by Crippen LogP contribution is 2.40. The molecule has 7 heteroatoms. The van der Waals surface area contributed by atoms with E-state index in [0.29, 0.717) is 23.9 Å². The monoisotopic (exact) mass is 383 g/mol. The first-order valence-corrected chi connectivity index (χ1v) is 9.16. The van der Waals surface area contributed by atoms with Crippen molar-refractivity contribution in [1.29, 1.82) is 0 Å². The molecule has 6 N–H and O–H groups in total. The summed E-state index contributed by atoms with van der Waals surface area (Å²) in [7, 11) is 0. The van der Waals surface area contributed by atoms with Crippen molar-refractivity contribution in [2.45, 2.75) is 11.8 Å². The van der Waals surface area contributed by atoms with Crippen molar-refractivity contribution in [2.75, 3.05) is 17.2 Å². The first-order valence-electron chi connectivity index (χ1n) is 9.16. The highest BCUT2D eigenvalue weighted by atomic mass is 14.9. The van der Waals surface area contributed by atoms with E-state index in [1.807, 2.05) is 54.7 Å². The summed E-state index contributed by atoms with van der Waals surface area (Å²) in [5.41, 5.74) is 20.4. The van der Waals surface area contributed by atoms with E-state index < -0.39 is 5.41 Å². The second-order valence-electron chi connectivity index (χ2n) is 6.77. The van der Waals surface area contributed by atoms with Crippen LogP contribution >= 0.6 is 0 Å². The number of nitrogen functional groups attached to an aromatic ring is 3. The molecule has 0 aliphatic carbocycles. The van der Waals surface area contributed by atoms with Crippen molar-refractivity contribution in [3.63, 3.8) is 0 Å². The summed E-state index contributed by atoms with van der Waals surface area (Å²) in [6, 6.07) is 20.6. The summed E-state index contributed by atoms with van der Waals surface area (Å²) in [5, 5.41) is 0. The molecule has 0 amide bonds. The maximum atomic E-state index is 6.05. The topological polar surface area (TPSA) is 130 Å². The molecular weight excluding hydrogens is 362 g/mol. The standard InChI is InChI=1S/C22H21N7/c23-19-9-1-6-16(27-19)13-22(15-5-4-12-26-14-15,17-7-2-10-20(24)28-17)18-8-3-11-21(25)29-18/h1-12,14H,13H2,(H2,23,27)(H2,24,28)(H2,25,29). The van der Waals surface area contributed by atoms with Crippen molar-refractivity contribution in [2.24, 2.45) is 0 Å². The van der Waals surface area contributed by atoms with Crippen LogP contribution < -0.4 is 17.2 Å². The molecule has 4 heterocycles. The largest absolute Gasteiger partial charge is 0.384 e. The number of anilines is 3. The van der Waals surface area contributed by atoms with Gasteiger partial charge in [-0.15, -0.1) is 0 Å². The van der Waals surface area contributed by atoms with E-state index in [-0.39, 0.29) is 0 Å². The fraction of sp³-hybridized carbons (Fsp3) is 0.0909. The Morgan fingerprint density at radius 1 is 0.655 bits per heavy atom. The van der Waals surface area contributed by atoms with Crippen molar-refractivity contribution in [3.05, 3.63) is 102 Å². The predicted molar refractivity (Wildman–Crippen MR) is 114 cm³/mol. The third-order valence-electron chi connectivity index (χ3n) is 4.84. The zero-order valence-corrected chi connectivity index (χ0v) is 15.7. The van der Waals surface area contributed by atoms with Gasteiger partial charge in [-0.3, -0.25) is 4.98 Å². The molecule has 4 aromatic heterocycles. The van der Waals surface area contributed by atoms with Gasteiger partial charge in [0.2, 0.25) is 0 Å². The molecule has 0 bridgehead atoms. The lowest BCUT2D eigenvalue weighted by molar-refractivity contribution is 0.565.